The number of hydrogen-bond donors (Lipinski definition) is 2. The van der Waals surface area contributed by atoms with E-state index in [1.54, 1.807) is 7.11 Å². The minimum Gasteiger partial charge on any atom is -0.497 e. The summed E-state index contributed by atoms with van der Waals surface area (Å²) in [6.07, 6.45) is 2.80. The number of carbonyl (C=O) groups excluding carboxylic acids is 2. The van der Waals surface area contributed by atoms with Gasteiger partial charge in [0.15, 0.2) is 0 Å². The van der Waals surface area contributed by atoms with Crippen LogP contribution in [0.25, 0.3) is 10.9 Å². The summed E-state index contributed by atoms with van der Waals surface area (Å²) in [5, 5.41) is 4.92. The molecule has 4 aromatic rings. The maximum absolute atomic E-state index is 14.8. The van der Waals surface area contributed by atoms with Crippen molar-refractivity contribution >= 4 is 45.8 Å². The monoisotopic (exact) mass is 642 g/mol. The van der Waals surface area contributed by atoms with Crippen LogP contribution in [0, 0.1) is 5.92 Å². The molecule has 0 aliphatic carbocycles. The van der Waals surface area contributed by atoms with E-state index < -0.39 is 6.04 Å². The number of methoxy groups -OCH3 is 1. The van der Waals surface area contributed by atoms with Crippen LogP contribution in [0.2, 0.25) is 5.02 Å². The Kier molecular flexibility index (Phi) is 9.42. The van der Waals surface area contributed by atoms with Gasteiger partial charge in [-0.2, -0.15) is 0 Å². The number of urea groups is 1. The van der Waals surface area contributed by atoms with Crippen LogP contribution in [-0.2, 0) is 11.2 Å². The van der Waals surface area contributed by atoms with Gasteiger partial charge >= 0.3 is 6.03 Å². The zero-order valence-electron chi connectivity index (χ0n) is 27.0. The lowest BCUT2D eigenvalue weighted by Gasteiger charge is -2.40. The van der Waals surface area contributed by atoms with E-state index in [0.29, 0.717) is 37.7 Å². The van der Waals surface area contributed by atoms with Gasteiger partial charge in [-0.15, -0.1) is 0 Å². The molecule has 9 nitrogen and oxygen atoms in total. The van der Waals surface area contributed by atoms with Gasteiger partial charge in [0, 0.05) is 84.7 Å². The van der Waals surface area contributed by atoms with Crippen molar-refractivity contribution in [2.45, 2.75) is 25.3 Å². The van der Waals surface area contributed by atoms with Crippen LogP contribution in [-0.4, -0.2) is 93.2 Å². The van der Waals surface area contributed by atoms with Gasteiger partial charge in [0.05, 0.1) is 7.11 Å². The second-order valence-electron chi connectivity index (χ2n) is 12.7. The number of piperazine rings is 1. The minimum absolute atomic E-state index is 0.117. The molecule has 3 amide bonds. The SMILES string of the molecule is COc1cccc(N2CCN(C(=O)NC(C(=O)N3C[C@@H](CN(C)C)Cc4cc(Cl)ccc43)C(C)c3c[nH]c4ccccc34)CC2)c1. The fraction of sp³-hybridized carbons (Fsp3) is 0.389. The largest absolute Gasteiger partial charge is 0.497 e. The van der Waals surface area contributed by atoms with Gasteiger partial charge in [-0.3, -0.25) is 4.79 Å². The third-order valence-corrected chi connectivity index (χ3v) is 9.55. The minimum atomic E-state index is -0.787. The highest BCUT2D eigenvalue weighted by Crippen LogP contribution is 2.35. The summed E-state index contributed by atoms with van der Waals surface area (Å²) in [7, 11) is 5.77. The molecule has 10 heteroatoms. The normalized spacial score (nSPS) is 18.0. The van der Waals surface area contributed by atoms with E-state index in [9.17, 15) is 9.59 Å². The number of halogens is 1. The molecule has 6 rings (SSSR count). The Morgan fingerprint density at radius 3 is 2.59 bits per heavy atom. The lowest BCUT2D eigenvalue weighted by atomic mass is 9.88. The number of aromatic amines is 1. The first-order chi connectivity index (χ1) is 22.2. The van der Waals surface area contributed by atoms with Crippen molar-refractivity contribution in [1.82, 2.24) is 20.1 Å². The molecule has 3 heterocycles. The number of nitrogens with zero attached hydrogens (tertiary/aromatic N) is 4. The van der Waals surface area contributed by atoms with Crippen molar-refractivity contribution in [3.05, 3.63) is 89.1 Å². The Morgan fingerprint density at radius 2 is 1.83 bits per heavy atom. The first kappa shape index (κ1) is 31.8. The van der Waals surface area contributed by atoms with E-state index in [0.717, 1.165) is 52.1 Å². The number of carbonyl (C=O) groups is 2. The van der Waals surface area contributed by atoms with Gasteiger partial charge in [0.25, 0.3) is 0 Å². The number of hydrogen-bond acceptors (Lipinski definition) is 5. The summed E-state index contributed by atoms with van der Waals surface area (Å²) in [6.45, 7) is 5.89. The average molecular weight is 643 g/mol. The molecular formula is C36H43ClN6O3. The lowest BCUT2D eigenvalue weighted by Crippen LogP contribution is -2.58. The summed E-state index contributed by atoms with van der Waals surface area (Å²) in [5.74, 6) is 0.623. The number of rotatable bonds is 8. The third-order valence-electron chi connectivity index (χ3n) is 9.31. The van der Waals surface area contributed by atoms with Crippen molar-refractivity contribution in [3.8, 4) is 5.75 Å². The van der Waals surface area contributed by atoms with E-state index >= 15 is 0 Å². The third kappa shape index (κ3) is 6.66. The highest BCUT2D eigenvalue weighted by Gasteiger charge is 2.38. The smallest absolute Gasteiger partial charge is 0.318 e. The number of H-pyrrole nitrogens is 1. The molecule has 242 valence electrons. The molecule has 2 aliphatic rings. The second kappa shape index (κ2) is 13.6. The van der Waals surface area contributed by atoms with Gasteiger partial charge in [0.1, 0.15) is 11.8 Å². The number of benzene rings is 3. The van der Waals surface area contributed by atoms with Gasteiger partial charge < -0.3 is 34.6 Å². The molecule has 46 heavy (non-hydrogen) atoms. The molecule has 3 aromatic carbocycles. The first-order valence-corrected chi connectivity index (χ1v) is 16.3. The van der Waals surface area contributed by atoms with Crippen LogP contribution >= 0.6 is 11.6 Å². The molecule has 1 aromatic heterocycles. The summed E-state index contributed by atoms with van der Waals surface area (Å²) in [5.41, 5.74) is 4.98. The molecule has 0 spiro atoms. The number of ether oxygens (including phenoxy) is 1. The molecule has 1 fully saturated rings. The Bertz CT molecular complexity index is 1700. The van der Waals surface area contributed by atoms with Crippen molar-refractivity contribution in [2.24, 2.45) is 5.92 Å². The second-order valence-corrected chi connectivity index (χ2v) is 13.2. The van der Waals surface area contributed by atoms with Crippen LogP contribution in [0.5, 0.6) is 5.75 Å². The lowest BCUT2D eigenvalue weighted by molar-refractivity contribution is -0.121. The summed E-state index contributed by atoms with van der Waals surface area (Å²) >= 11 is 6.42. The van der Waals surface area contributed by atoms with Gasteiger partial charge in [-0.1, -0.05) is 42.8 Å². The topological polar surface area (TPSA) is 84.2 Å². The fourth-order valence-electron chi connectivity index (χ4n) is 6.98. The van der Waals surface area contributed by atoms with Crippen LogP contribution in [0.4, 0.5) is 16.2 Å². The molecule has 2 unspecified atom stereocenters. The first-order valence-electron chi connectivity index (χ1n) is 16.0. The number of amides is 3. The number of fused-ring (bicyclic) bond motifs is 2. The number of aromatic nitrogens is 1. The summed E-state index contributed by atoms with van der Waals surface area (Å²) in [6, 6.07) is 20.8. The van der Waals surface area contributed by atoms with Crippen LogP contribution < -0.4 is 19.9 Å². The Morgan fingerprint density at radius 1 is 1.04 bits per heavy atom. The number of para-hydroxylation sites is 1. The molecule has 0 bridgehead atoms. The predicted octanol–water partition coefficient (Wildman–Crippen LogP) is 5.60. The van der Waals surface area contributed by atoms with E-state index in [1.165, 1.54) is 0 Å². The zero-order chi connectivity index (χ0) is 32.4. The zero-order valence-corrected chi connectivity index (χ0v) is 27.8. The number of anilines is 2. The average Bonchev–Trinajstić information content (AvgIpc) is 3.50. The van der Waals surface area contributed by atoms with Crippen LogP contribution in [0.3, 0.4) is 0 Å². The van der Waals surface area contributed by atoms with E-state index in [2.05, 4.69) is 46.3 Å². The highest BCUT2D eigenvalue weighted by atomic mass is 35.5. The van der Waals surface area contributed by atoms with Crippen molar-refractivity contribution in [1.29, 1.82) is 0 Å². The standard InChI is InChI=1S/C36H43ClN6O3/c1-24(31-21-38-32-11-6-5-10-30(31)32)34(35(44)43-23-25(22-40(2)3)18-26-19-27(37)12-13-33(26)43)39-36(45)42-16-14-41(15-17-42)28-8-7-9-29(20-28)46-4/h5-13,19-21,24-25,34,38H,14-18,22-23H2,1-4H3,(H,39,45)/t24?,25-,34?/m1/s1. The number of nitrogens with one attached hydrogen (secondary N) is 2. The Hall–Kier alpha value is -4.21. The molecule has 2 N–H and O–H groups in total. The van der Waals surface area contributed by atoms with Crippen molar-refractivity contribution in [3.63, 3.8) is 0 Å². The molecule has 1 saturated heterocycles. The van der Waals surface area contributed by atoms with E-state index in [-0.39, 0.29) is 23.8 Å². The van der Waals surface area contributed by atoms with Gasteiger partial charge in [-0.05, 0) is 74.0 Å². The van der Waals surface area contributed by atoms with Crippen LogP contribution in [0.15, 0.2) is 72.9 Å². The van der Waals surface area contributed by atoms with E-state index in [1.807, 2.05) is 77.5 Å². The maximum Gasteiger partial charge on any atom is 0.318 e. The van der Waals surface area contributed by atoms with Crippen molar-refractivity contribution < 1.29 is 14.3 Å². The highest BCUT2D eigenvalue weighted by molar-refractivity contribution is 6.30. The molecule has 3 atom stereocenters. The Labute approximate surface area is 276 Å². The van der Waals surface area contributed by atoms with Gasteiger partial charge in [-0.25, -0.2) is 4.79 Å². The van der Waals surface area contributed by atoms with Crippen LogP contribution in [0.1, 0.15) is 24.0 Å². The summed E-state index contributed by atoms with van der Waals surface area (Å²) < 4.78 is 5.41. The quantitative estimate of drug-likeness (QED) is 0.261. The predicted molar refractivity (Wildman–Crippen MR) is 185 cm³/mol. The summed E-state index contributed by atoms with van der Waals surface area (Å²) in [4.78, 5) is 40.2. The molecular weight excluding hydrogens is 600 g/mol. The fourth-order valence-corrected chi connectivity index (χ4v) is 7.17. The van der Waals surface area contributed by atoms with Crippen molar-refractivity contribution in [2.75, 3.05) is 70.3 Å². The molecule has 0 radical (unpaired) electrons. The maximum atomic E-state index is 14.8. The van der Waals surface area contributed by atoms with E-state index in [4.69, 9.17) is 16.3 Å². The molecule has 2 aliphatic heterocycles. The van der Waals surface area contributed by atoms with Gasteiger partial charge in [0.2, 0.25) is 5.91 Å². The molecule has 0 saturated carbocycles. The Balaban J connectivity index is 1.27.